The highest BCUT2D eigenvalue weighted by Gasteiger charge is 2.36. The molecule has 0 aliphatic carbocycles. The van der Waals surface area contributed by atoms with Crippen LogP contribution in [0.2, 0.25) is 0 Å². The van der Waals surface area contributed by atoms with Crippen LogP contribution in [0, 0.1) is 12.7 Å². The number of halogens is 1. The molecule has 7 nitrogen and oxygen atoms in total. The summed E-state index contributed by atoms with van der Waals surface area (Å²) in [5.41, 5.74) is 3.31. The first-order valence-electron chi connectivity index (χ1n) is 10.0. The summed E-state index contributed by atoms with van der Waals surface area (Å²) in [7, 11) is 1.59. The Hall–Kier alpha value is -3.68. The summed E-state index contributed by atoms with van der Waals surface area (Å²) >= 11 is 0. The monoisotopic (exact) mass is 422 g/mol. The van der Waals surface area contributed by atoms with Crippen LogP contribution in [-0.4, -0.2) is 28.7 Å². The van der Waals surface area contributed by atoms with E-state index in [9.17, 15) is 14.0 Å². The van der Waals surface area contributed by atoms with Gasteiger partial charge in [0.25, 0.3) is 5.91 Å². The molecule has 8 heteroatoms. The van der Waals surface area contributed by atoms with Crippen molar-refractivity contribution in [3.05, 3.63) is 59.5 Å². The molecule has 2 aromatic carbocycles. The highest BCUT2D eigenvalue weighted by atomic mass is 19.1. The van der Waals surface area contributed by atoms with E-state index in [1.54, 1.807) is 24.8 Å². The lowest BCUT2D eigenvalue weighted by atomic mass is 10.0. The summed E-state index contributed by atoms with van der Waals surface area (Å²) in [5, 5.41) is 10.0. The Balaban J connectivity index is 1.62. The van der Waals surface area contributed by atoms with Gasteiger partial charge in [0.2, 0.25) is 5.91 Å². The van der Waals surface area contributed by atoms with E-state index in [4.69, 9.17) is 4.74 Å². The number of fused-ring (bicyclic) bond motifs is 1. The van der Waals surface area contributed by atoms with Crippen molar-refractivity contribution >= 4 is 23.3 Å². The van der Waals surface area contributed by atoms with Gasteiger partial charge in [-0.3, -0.25) is 9.59 Å². The molecule has 4 rings (SSSR count). The molecule has 0 fully saturated rings. The van der Waals surface area contributed by atoms with Crippen molar-refractivity contribution in [2.45, 2.75) is 32.7 Å². The maximum Gasteiger partial charge on any atom is 0.251 e. The van der Waals surface area contributed by atoms with Crippen molar-refractivity contribution < 1.29 is 18.7 Å². The number of nitrogens with zero attached hydrogens (tertiary/aromatic N) is 2. The smallest absolute Gasteiger partial charge is 0.251 e. The van der Waals surface area contributed by atoms with Crippen molar-refractivity contribution in [2.75, 3.05) is 17.7 Å². The van der Waals surface area contributed by atoms with Crippen LogP contribution in [0.1, 0.15) is 30.6 Å². The molecule has 1 aromatic heterocycles. The van der Waals surface area contributed by atoms with Crippen LogP contribution in [0.3, 0.4) is 0 Å². The molecular weight excluding hydrogens is 399 g/mol. The number of nitrogens with one attached hydrogen (secondary N) is 2. The van der Waals surface area contributed by atoms with Gasteiger partial charge < -0.3 is 15.4 Å². The molecule has 2 heterocycles. The second-order valence-corrected chi connectivity index (χ2v) is 7.44. The summed E-state index contributed by atoms with van der Waals surface area (Å²) < 4.78 is 20.9. The van der Waals surface area contributed by atoms with E-state index >= 15 is 0 Å². The van der Waals surface area contributed by atoms with Gasteiger partial charge in [0.1, 0.15) is 23.4 Å². The number of hydrogen-bond donors (Lipinski definition) is 2. The number of aryl methyl sites for hydroxylation is 2. The molecule has 2 N–H and O–H groups in total. The molecule has 0 saturated carbocycles. The molecule has 1 atom stereocenters. The third-order valence-electron chi connectivity index (χ3n) is 5.29. The number of carbonyl (C=O) groups excluding carboxylic acids is 2. The Bertz CT molecular complexity index is 1170. The molecule has 1 unspecified atom stereocenters. The second kappa shape index (κ2) is 8.22. The van der Waals surface area contributed by atoms with Crippen molar-refractivity contribution in [1.82, 2.24) is 9.78 Å². The molecule has 3 aromatic rings. The Morgan fingerprint density at radius 2 is 2.10 bits per heavy atom. The highest BCUT2D eigenvalue weighted by Crippen LogP contribution is 2.39. The lowest BCUT2D eigenvalue weighted by Crippen LogP contribution is -2.24. The molecule has 1 aliphatic rings. The fraction of sp³-hybridized carbons (Fsp3) is 0.261. The van der Waals surface area contributed by atoms with Crippen molar-refractivity contribution in [3.8, 4) is 16.9 Å². The third-order valence-corrected chi connectivity index (χ3v) is 5.29. The molecule has 31 heavy (non-hydrogen) atoms. The maximum atomic E-state index is 14.1. The van der Waals surface area contributed by atoms with Crippen LogP contribution in [0.25, 0.3) is 11.1 Å². The van der Waals surface area contributed by atoms with Crippen molar-refractivity contribution in [3.63, 3.8) is 0 Å². The van der Waals surface area contributed by atoms with Crippen LogP contribution in [0.15, 0.2) is 42.5 Å². The van der Waals surface area contributed by atoms with Gasteiger partial charge >= 0.3 is 0 Å². The lowest BCUT2D eigenvalue weighted by Gasteiger charge is -2.11. The van der Waals surface area contributed by atoms with Crippen LogP contribution in [0.5, 0.6) is 5.75 Å². The first kappa shape index (κ1) is 20.6. The van der Waals surface area contributed by atoms with Crippen molar-refractivity contribution in [2.24, 2.45) is 0 Å². The number of rotatable bonds is 6. The van der Waals surface area contributed by atoms with Gasteiger partial charge in [0, 0.05) is 5.56 Å². The molecule has 0 saturated heterocycles. The van der Waals surface area contributed by atoms with E-state index in [0.29, 0.717) is 18.0 Å². The summed E-state index contributed by atoms with van der Waals surface area (Å²) in [6, 6.07) is 11.3. The number of hydrogen-bond acceptors (Lipinski definition) is 4. The number of benzene rings is 2. The third kappa shape index (κ3) is 3.88. The Morgan fingerprint density at radius 3 is 2.81 bits per heavy atom. The minimum atomic E-state index is -0.812. The number of methoxy groups -OCH3 is 1. The van der Waals surface area contributed by atoms with Crippen LogP contribution in [0.4, 0.5) is 15.9 Å². The average Bonchev–Trinajstić information content (AvgIpc) is 3.25. The van der Waals surface area contributed by atoms with Gasteiger partial charge in [0.15, 0.2) is 0 Å². The van der Waals surface area contributed by atoms with E-state index in [-0.39, 0.29) is 18.0 Å². The zero-order valence-electron chi connectivity index (χ0n) is 17.5. The van der Waals surface area contributed by atoms with Gasteiger partial charge in [0.05, 0.1) is 24.9 Å². The fourth-order valence-corrected chi connectivity index (χ4v) is 3.74. The zero-order chi connectivity index (χ0) is 22.1. The van der Waals surface area contributed by atoms with Gasteiger partial charge in [-0.2, -0.15) is 5.10 Å². The summed E-state index contributed by atoms with van der Waals surface area (Å²) in [5.74, 6) is -0.0621. The summed E-state index contributed by atoms with van der Waals surface area (Å²) in [6.07, 6.45) is 0.491. The summed E-state index contributed by atoms with van der Waals surface area (Å²) in [6.45, 7) is 3.74. The predicted octanol–water partition coefficient (Wildman–Crippen LogP) is 4.09. The predicted molar refractivity (Wildman–Crippen MR) is 116 cm³/mol. The first-order chi connectivity index (χ1) is 14.9. The van der Waals surface area contributed by atoms with Gasteiger partial charge in [-0.15, -0.1) is 0 Å². The second-order valence-electron chi connectivity index (χ2n) is 7.44. The maximum absolute atomic E-state index is 14.1. The number of carbonyl (C=O) groups is 2. The molecule has 0 bridgehead atoms. The Kier molecular flexibility index (Phi) is 5.46. The Labute approximate surface area is 179 Å². The summed E-state index contributed by atoms with van der Waals surface area (Å²) in [4.78, 5) is 25.2. The van der Waals surface area contributed by atoms with Gasteiger partial charge in [-0.25, -0.2) is 9.07 Å². The lowest BCUT2D eigenvalue weighted by molar-refractivity contribution is -0.123. The standard InChI is InChI=1S/C23H23FN4O3/c1-4-17-21(14-6-5-7-15(11-14)31-3)22-26-23(30)19(28(22)27-17)12-20(29)25-18-9-8-13(2)10-16(18)24/h5-11,19H,4,12H2,1-3H3,(H,25,29)(H,26,30). The topological polar surface area (TPSA) is 85.2 Å². The quantitative estimate of drug-likeness (QED) is 0.627. The Morgan fingerprint density at radius 1 is 1.29 bits per heavy atom. The van der Waals surface area contributed by atoms with E-state index in [1.165, 1.54) is 12.1 Å². The van der Waals surface area contributed by atoms with Crippen LogP contribution in [-0.2, 0) is 16.0 Å². The molecule has 0 radical (unpaired) electrons. The normalized spacial score (nSPS) is 14.8. The minimum absolute atomic E-state index is 0.0843. The van der Waals surface area contributed by atoms with E-state index in [0.717, 1.165) is 22.4 Å². The zero-order valence-corrected chi connectivity index (χ0v) is 17.5. The largest absolute Gasteiger partial charge is 0.497 e. The highest BCUT2D eigenvalue weighted by molar-refractivity contribution is 6.04. The fourth-order valence-electron chi connectivity index (χ4n) is 3.74. The van der Waals surface area contributed by atoms with Gasteiger partial charge in [-0.05, 0) is 48.7 Å². The molecule has 160 valence electrons. The molecule has 1 aliphatic heterocycles. The molecular formula is C23H23FN4O3. The van der Waals surface area contributed by atoms with Crippen LogP contribution >= 0.6 is 0 Å². The number of ether oxygens (including phenoxy) is 1. The minimum Gasteiger partial charge on any atom is -0.497 e. The number of amides is 2. The van der Waals surface area contributed by atoms with Crippen LogP contribution < -0.4 is 15.4 Å². The number of anilines is 2. The SMILES string of the molecule is CCc1nn2c(c1-c1cccc(OC)c1)NC(=O)C2CC(=O)Nc1ccc(C)cc1F. The van der Waals surface area contributed by atoms with E-state index in [1.807, 2.05) is 31.2 Å². The molecule has 2 amide bonds. The van der Waals surface area contributed by atoms with E-state index < -0.39 is 17.8 Å². The molecule has 0 spiro atoms. The van der Waals surface area contributed by atoms with Gasteiger partial charge in [-0.1, -0.05) is 25.1 Å². The van der Waals surface area contributed by atoms with E-state index in [2.05, 4.69) is 15.7 Å². The van der Waals surface area contributed by atoms with Crippen molar-refractivity contribution in [1.29, 1.82) is 0 Å². The first-order valence-corrected chi connectivity index (χ1v) is 10.0. The number of aromatic nitrogens is 2. The average molecular weight is 422 g/mol.